The minimum Gasteiger partial charge on any atom is -0.361 e. The van der Waals surface area contributed by atoms with Crippen molar-refractivity contribution in [1.82, 2.24) is 34.7 Å². The van der Waals surface area contributed by atoms with Gasteiger partial charge in [-0.1, -0.05) is 5.10 Å². The molecule has 2 aromatic rings. The number of nitrogens with zero attached hydrogens (tertiary/aromatic N) is 8. The van der Waals surface area contributed by atoms with E-state index in [4.69, 9.17) is 4.74 Å². The predicted octanol–water partition coefficient (Wildman–Crippen LogP) is -0.630. The maximum absolute atomic E-state index is 12.3. The normalized spacial score (nSPS) is 16.5. The summed E-state index contributed by atoms with van der Waals surface area (Å²) in [5, 5.41) is 11.5. The molecule has 1 fully saturated rings. The number of hydrogen-bond acceptors (Lipinski definition) is 7. The molecule has 0 aromatic carbocycles. The number of rotatable bonds is 5. The molecular weight excluding hydrogens is 312 g/mol. The van der Waals surface area contributed by atoms with Crippen molar-refractivity contribution < 1.29 is 9.53 Å². The minimum atomic E-state index is -0.222. The summed E-state index contributed by atoms with van der Waals surface area (Å²) < 4.78 is 9.20. The first-order valence-corrected chi connectivity index (χ1v) is 7.90. The fourth-order valence-corrected chi connectivity index (χ4v) is 2.78. The molecule has 0 N–H and O–H groups in total. The first-order valence-electron chi connectivity index (χ1n) is 7.90. The van der Waals surface area contributed by atoms with E-state index >= 15 is 0 Å². The largest absolute Gasteiger partial charge is 0.361 e. The Bertz CT molecular complexity index is 689. The average Bonchev–Trinajstić information content (AvgIpc) is 3.20. The second-order valence-electron chi connectivity index (χ2n) is 5.82. The van der Waals surface area contributed by atoms with Gasteiger partial charge in [-0.15, -0.1) is 0 Å². The monoisotopic (exact) mass is 334 g/mol. The number of imidazole rings is 1. The first kappa shape index (κ1) is 16.4. The molecule has 0 saturated carbocycles. The van der Waals surface area contributed by atoms with E-state index in [0.717, 1.165) is 11.8 Å². The third-order valence-electron chi connectivity index (χ3n) is 4.19. The van der Waals surface area contributed by atoms with E-state index in [9.17, 15) is 4.79 Å². The Kier molecular flexibility index (Phi) is 4.74. The predicted molar refractivity (Wildman–Crippen MR) is 85.2 cm³/mol. The van der Waals surface area contributed by atoms with Crippen LogP contribution in [0.4, 0.5) is 5.95 Å². The van der Waals surface area contributed by atoms with Crippen molar-refractivity contribution in [2.24, 2.45) is 14.1 Å². The van der Waals surface area contributed by atoms with Crippen molar-refractivity contribution >= 4 is 11.9 Å². The van der Waals surface area contributed by atoms with Gasteiger partial charge in [0.25, 0.3) is 0 Å². The molecule has 0 radical (unpaired) electrons. The van der Waals surface area contributed by atoms with Crippen molar-refractivity contribution in [1.29, 1.82) is 0 Å². The van der Waals surface area contributed by atoms with Gasteiger partial charge in [-0.2, -0.15) is 0 Å². The quantitative estimate of drug-likeness (QED) is 0.718. The molecule has 1 saturated heterocycles. The number of aryl methyl sites for hydroxylation is 2. The summed E-state index contributed by atoms with van der Waals surface area (Å²) in [5.41, 5.74) is 0. The number of anilines is 1. The number of aromatic nitrogens is 6. The fraction of sp³-hybridized carbons (Fsp3) is 0.643. The van der Waals surface area contributed by atoms with Gasteiger partial charge < -0.3 is 19.1 Å². The number of amides is 1. The highest BCUT2D eigenvalue weighted by Gasteiger charge is 2.24. The maximum Gasteiger partial charge on any atom is 0.248 e. The fourth-order valence-electron chi connectivity index (χ4n) is 2.78. The molecule has 1 amide bonds. The van der Waals surface area contributed by atoms with Crippen LogP contribution in [-0.2, 0) is 23.6 Å². The van der Waals surface area contributed by atoms with E-state index in [1.165, 1.54) is 0 Å². The third-order valence-corrected chi connectivity index (χ3v) is 4.19. The Hall–Kier alpha value is -2.49. The lowest BCUT2D eigenvalue weighted by Gasteiger charge is -2.34. The van der Waals surface area contributed by atoms with Crippen LogP contribution in [0.5, 0.6) is 0 Å². The highest BCUT2D eigenvalue weighted by atomic mass is 16.5. The summed E-state index contributed by atoms with van der Waals surface area (Å²) in [5.74, 6) is 1.52. The molecule has 3 heterocycles. The zero-order valence-corrected chi connectivity index (χ0v) is 14.2. The van der Waals surface area contributed by atoms with Crippen LogP contribution >= 0.6 is 0 Å². The Morgan fingerprint density at radius 1 is 1.29 bits per heavy atom. The van der Waals surface area contributed by atoms with Crippen LogP contribution in [0.25, 0.3) is 0 Å². The molecule has 10 heteroatoms. The number of hydrogen-bond donors (Lipinski definition) is 0. The molecule has 0 aliphatic carbocycles. The lowest BCUT2D eigenvalue weighted by molar-refractivity contribution is -0.138. The lowest BCUT2D eigenvalue weighted by Crippen LogP contribution is -2.50. The Balaban J connectivity index is 1.47. The van der Waals surface area contributed by atoms with Crippen molar-refractivity contribution in [2.45, 2.75) is 13.0 Å². The van der Waals surface area contributed by atoms with Gasteiger partial charge in [0, 0.05) is 52.7 Å². The number of tetrazole rings is 1. The van der Waals surface area contributed by atoms with Crippen LogP contribution in [0.2, 0.25) is 0 Å². The summed E-state index contributed by atoms with van der Waals surface area (Å²) in [6.45, 7) is 4.62. The number of ether oxygens (including phenoxy) is 1. The van der Waals surface area contributed by atoms with Crippen molar-refractivity contribution in [2.75, 3.05) is 37.7 Å². The zero-order chi connectivity index (χ0) is 17.1. The van der Waals surface area contributed by atoms with Crippen molar-refractivity contribution in [3.05, 3.63) is 18.2 Å². The Labute approximate surface area is 140 Å². The van der Waals surface area contributed by atoms with Crippen LogP contribution in [0.1, 0.15) is 18.9 Å². The standard InChI is InChI=1S/C14H22N8O2/c1-11(13-15-4-5-19(13)2)24-10-12(23)21-6-8-22(9-7-21)14-16-17-18-20(14)3/h4-5,11H,6-10H2,1-3H3. The van der Waals surface area contributed by atoms with E-state index < -0.39 is 0 Å². The number of piperazine rings is 1. The van der Waals surface area contributed by atoms with Crippen LogP contribution in [0, 0.1) is 0 Å². The van der Waals surface area contributed by atoms with Crippen molar-refractivity contribution in [3.8, 4) is 0 Å². The molecule has 1 atom stereocenters. The smallest absolute Gasteiger partial charge is 0.248 e. The summed E-state index contributed by atoms with van der Waals surface area (Å²) in [6, 6.07) is 0. The lowest BCUT2D eigenvalue weighted by atomic mass is 10.3. The highest BCUT2D eigenvalue weighted by molar-refractivity contribution is 5.77. The van der Waals surface area contributed by atoms with Crippen LogP contribution in [0.3, 0.4) is 0 Å². The van der Waals surface area contributed by atoms with Gasteiger partial charge in [0.05, 0.1) is 0 Å². The average molecular weight is 334 g/mol. The molecule has 0 bridgehead atoms. The molecule has 10 nitrogen and oxygen atoms in total. The van der Waals surface area contributed by atoms with E-state index in [1.54, 1.807) is 17.9 Å². The molecule has 0 spiro atoms. The molecule has 1 unspecified atom stereocenters. The molecule has 24 heavy (non-hydrogen) atoms. The molecule has 130 valence electrons. The summed E-state index contributed by atoms with van der Waals surface area (Å²) >= 11 is 0. The second-order valence-corrected chi connectivity index (χ2v) is 5.82. The molecule has 1 aliphatic heterocycles. The van der Waals surface area contributed by atoms with E-state index in [-0.39, 0.29) is 18.6 Å². The van der Waals surface area contributed by atoms with Crippen molar-refractivity contribution in [3.63, 3.8) is 0 Å². The minimum absolute atomic E-state index is 0.00759. The third kappa shape index (κ3) is 3.37. The van der Waals surface area contributed by atoms with Gasteiger partial charge in [-0.05, 0) is 17.4 Å². The second kappa shape index (κ2) is 6.95. The van der Waals surface area contributed by atoms with E-state index in [2.05, 4.69) is 25.4 Å². The van der Waals surface area contributed by atoms with Gasteiger partial charge in [0.15, 0.2) is 0 Å². The van der Waals surface area contributed by atoms with Crippen LogP contribution < -0.4 is 4.90 Å². The van der Waals surface area contributed by atoms with Gasteiger partial charge in [-0.3, -0.25) is 4.79 Å². The summed E-state index contributed by atoms with van der Waals surface area (Å²) in [7, 11) is 3.71. The Morgan fingerprint density at radius 2 is 2.04 bits per heavy atom. The van der Waals surface area contributed by atoms with Crippen LogP contribution in [-0.4, -0.2) is 73.4 Å². The van der Waals surface area contributed by atoms with E-state index in [1.807, 2.05) is 29.6 Å². The Morgan fingerprint density at radius 3 is 2.62 bits per heavy atom. The van der Waals surface area contributed by atoms with Crippen LogP contribution in [0.15, 0.2) is 12.4 Å². The molecule has 3 rings (SSSR count). The summed E-state index contributed by atoms with van der Waals surface area (Å²) in [4.78, 5) is 20.4. The first-order chi connectivity index (χ1) is 11.6. The summed E-state index contributed by atoms with van der Waals surface area (Å²) in [6.07, 6.45) is 3.36. The molecular formula is C14H22N8O2. The zero-order valence-electron chi connectivity index (χ0n) is 14.2. The van der Waals surface area contributed by atoms with Gasteiger partial charge >= 0.3 is 0 Å². The molecule has 2 aromatic heterocycles. The van der Waals surface area contributed by atoms with Gasteiger partial charge in [-0.25, -0.2) is 9.67 Å². The molecule has 1 aliphatic rings. The maximum atomic E-state index is 12.3. The van der Waals surface area contributed by atoms with Gasteiger partial charge in [0.2, 0.25) is 11.9 Å². The highest BCUT2D eigenvalue weighted by Crippen LogP contribution is 2.15. The SMILES string of the molecule is CC(OCC(=O)N1CCN(c2nnnn2C)CC1)c1nccn1C. The van der Waals surface area contributed by atoms with E-state index in [0.29, 0.717) is 26.2 Å². The number of carbonyl (C=O) groups is 1. The van der Waals surface area contributed by atoms with Gasteiger partial charge in [0.1, 0.15) is 18.5 Å². The number of carbonyl (C=O) groups excluding carboxylic acids is 1. The topological polar surface area (TPSA) is 94.2 Å².